The minimum absolute atomic E-state index is 0.165. The SMILES string of the molecule is C[N+](C)(C)CC(CC(=O)O)OC(=O)CC(O)C/C=C/CCCCCCCC(=O)O. The smallest absolute Gasteiger partial charge is 0.308 e. The van der Waals surface area contributed by atoms with E-state index in [2.05, 4.69) is 0 Å². The summed E-state index contributed by atoms with van der Waals surface area (Å²) in [7, 11) is 5.66. The molecule has 0 rings (SSSR count). The standard InChI is InChI=1S/C21H37NO7/c1-22(2,3)16-18(15-20(26)27)29-21(28)14-17(23)12-10-8-6-4-5-7-9-11-13-19(24)25/h8,10,17-18,23H,4-7,9,11-16H2,1-3H3,(H-,24,25,26,27)/p+1/b10-8+. The number of rotatable bonds is 17. The van der Waals surface area contributed by atoms with Gasteiger partial charge in [-0.15, -0.1) is 0 Å². The van der Waals surface area contributed by atoms with E-state index in [9.17, 15) is 19.5 Å². The molecule has 0 aromatic heterocycles. The predicted octanol–water partition coefficient (Wildman–Crippen LogP) is 2.59. The first-order valence-electron chi connectivity index (χ1n) is 10.3. The molecular formula is C21H38NO7+. The number of carbonyl (C=O) groups excluding carboxylic acids is 1. The van der Waals surface area contributed by atoms with Crippen LogP contribution in [0.4, 0.5) is 0 Å². The van der Waals surface area contributed by atoms with Gasteiger partial charge in [-0.1, -0.05) is 31.4 Å². The maximum atomic E-state index is 12.0. The van der Waals surface area contributed by atoms with Crippen molar-refractivity contribution in [2.75, 3.05) is 27.7 Å². The molecule has 0 radical (unpaired) electrons. The van der Waals surface area contributed by atoms with Crippen LogP contribution in [-0.4, -0.2) is 77.6 Å². The number of allylic oxidation sites excluding steroid dienone is 1. The van der Waals surface area contributed by atoms with Crippen LogP contribution >= 0.6 is 0 Å². The van der Waals surface area contributed by atoms with E-state index in [1.54, 1.807) is 0 Å². The number of esters is 1. The summed E-state index contributed by atoms with van der Waals surface area (Å²) in [6, 6.07) is 0. The first kappa shape index (κ1) is 27.1. The number of aliphatic hydroxyl groups excluding tert-OH is 1. The fourth-order valence-electron chi connectivity index (χ4n) is 2.90. The van der Waals surface area contributed by atoms with Crippen molar-refractivity contribution in [2.45, 2.75) is 76.4 Å². The Balaban J connectivity index is 3.99. The fraction of sp³-hybridized carbons (Fsp3) is 0.762. The van der Waals surface area contributed by atoms with E-state index in [0.717, 1.165) is 38.5 Å². The molecule has 0 saturated carbocycles. The molecule has 8 heteroatoms. The largest absolute Gasteiger partial charge is 0.481 e. The van der Waals surface area contributed by atoms with Crippen LogP contribution in [0.15, 0.2) is 12.2 Å². The highest BCUT2D eigenvalue weighted by Gasteiger charge is 2.25. The second-order valence-electron chi connectivity index (χ2n) is 8.45. The Labute approximate surface area is 173 Å². The molecule has 0 spiro atoms. The number of carbonyl (C=O) groups is 3. The Bertz CT molecular complexity index is 526. The molecule has 0 aromatic rings. The number of aliphatic hydroxyl groups is 1. The van der Waals surface area contributed by atoms with Crippen LogP contribution in [0.1, 0.15) is 64.2 Å². The van der Waals surface area contributed by atoms with Gasteiger partial charge in [-0.05, 0) is 25.7 Å². The van der Waals surface area contributed by atoms with E-state index < -0.39 is 30.1 Å². The number of ether oxygens (including phenoxy) is 1. The van der Waals surface area contributed by atoms with E-state index in [-0.39, 0.29) is 19.3 Å². The zero-order chi connectivity index (χ0) is 22.3. The number of hydrogen-bond donors (Lipinski definition) is 3. The summed E-state index contributed by atoms with van der Waals surface area (Å²) in [6.07, 6.45) is 7.94. The van der Waals surface area contributed by atoms with E-state index in [0.29, 0.717) is 17.4 Å². The molecule has 0 bridgehead atoms. The molecule has 2 atom stereocenters. The average Bonchev–Trinajstić information content (AvgIpc) is 2.53. The van der Waals surface area contributed by atoms with Gasteiger partial charge in [0.1, 0.15) is 6.54 Å². The van der Waals surface area contributed by atoms with Gasteiger partial charge >= 0.3 is 17.9 Å². The zero-order valence-corrected chi connectivity index (χ0v) is 18.0. The van der Waals surface area contributed by atoms with Crippen molar-refractivity contribution in [3.8, 4) is 0 Å². The Hall–Kier alpha value is -1.93. The van der Waals surface area contributed by atoms with Crippen LogP contribution in [0.3, 0.4) is 0 Å². The van der Waals surface area contributed by atoms with E-state index in [4.69, 9.17) is 14.9 Å². The zero-order valence-electron chi connectivity index (χ0n) is 18.0. The molecule has 2 unspecified atom stereocenters. The number of likely N-dealkylation sites (N-methyl/N-ethyl adjacent to an activating group) is 1. The highest BCUT2D eigenvalue weighted by Crippen LogP contribution is 2.10. The molecule has 0 aliphatic carbocycles. The van der Waals surface area contributed by atoms with Crippen molar-refractivity contribution in [1.29, 1.82) is 0 Å². The van der Waals surface area contributed by atoms with Crippen molar-refractivity contribution in [3.63, 3.8) is 0 Å². The molecule has 3 N–H and O–H groups in total. The monoisotopic (exact) mass is 416 g/mol. The maximum Gasteiger partial charge on any atom is 0.308 e. The minimum atomic E-state index is -1.03. The van der Waals surface area contributed by atoms with E-state index >= 15 is 0 Å². The highest BCUT2D eigenvalue weighted by atomic mass is 16.5. The molecule has 168 valence electrons. The molecular weight excluding hydrogens is 378 g/mol. The van der Waals surface area contributed by atoms with Crippen LogP contribution in [0.25, 0.3) is 0 Å². The second-order valence-corrected chi connectivity index (χ2v) is 8.45. The van der Waals surface area contributed by atoms with Gasteiger partial charge in [0.15, 0.2) is 6.10 Å². The number of hydrogen-bond acceptors (Lipinski definition) is 5. The lowest BCUT2D eigenvalue weighted by Gasteiger charge is -2.28. The number of quaternary nitrogens is 1. The van der Waals surface area contributed by atoms with Crippen LogP contribution < -0.4 is 0 Å². The summed E-state index contributed by atoms with van der Waals surface area (Å²) < 4.78 is 5.73. The average molecular weight is 417 g/mol. The van der Waals surface area contributed by atoms with E-state index in [1.165, 1.54) is 0 Å². The second kappa shape index (κ2) is 15.0. The first-order valence-corrected chi connectivity index (χ1v) is 10.3. The summed E-state index contributed by atoms with van der Waals surface area (Å²) in [4.78, 5) is 33.3. The van der Waals surface area contributed by atoms with Gasteiger partial charge in [-0.3, -0.25) is 14.4 Å². The van der Waals surface area contributed by atoms with Gasteiger partial charge in [0.05, 0.1) is 40.1 Å². The van der Waals surface area contributed by atoms with Gasteiger partial charge in [-0.25, -0.2) is 0 Å². The number of carboxylic acid groups (broad SMARTS) is 2. The minimum Gasteiger partial charge on any atom is -0.481 e. The van der Waals surface area contributed by atoms with Gasteiger partial charge in [0.25, 0.3) is 0 Å². The Morgan fingerprint density at radius 2 is 1.52 bits per heavy atom. The predicted molar refractivity (Wildman–Crippen MR) is 109 cm³/mol. The molecule has 0 saturated heterocycles. The normalized spacial score (nSPS) is 13.9. The molecule has 29 heavy (non-hydrogen) atoms. The van der Waals surface area contributed by atoms with Crippen LogP contribution in [-0.2, 0) is 19.1 Å². The van der Waals surface area contributed by atoms with Crippen molar-refractivity contribution in [3.05, 3.63) is 12.2 Å². The maximum absolute atomic E-state index is 12.0. The van der Waals surface area contributed by atoms with Crippen molar-refractivity contribution in [2.24, 2.45) is 0 Å². The molecule has 0 amide bonds. The molecule has 0 aliphatic heterocycles. The van der Waals surface area contributed by atoms with Crippen molar-refractivity contribution in [1.82, 2.24) is 0 Å². The number of nitrogens with zero attached hydrogens (tertiary/aromatic N) is 1. The highest BCUT2D eigenvalue weighted by molar-refractivity contribution is 5.72. The van der Waals surface area contributed by atoms with Gasteiger partial charge in [0, 0.05) is 6.42 Å². The Morgan fingerprint density at radius 3 is 2.10 bits per heavy atom. The van der Waals surface area contributed by atoms with Gasteiger partial charge in [0.2, 0.25) is 0 Å². The fourth-order valence-corrected chi connectivity index (χ4v) is 2.90. The molecule has 0 aromatic carbocycles. The topological polar surface area (TPSA) is 121 Å². The van der Waals surface area contributed by atoms with Gasteiger partial charge < -0.3 is 24.5 Å². The third-order valence-electron chi connectivity index (χ3n) is 4.19. The lowest BCUT2D eigenvalue weighted by atomic mass is 10.1. The summed E-state index contributed by atoms with van der Waals surface area (Å²) in [6.45, 7) is 0.379. The van der Waals surface area contributed by atoms with Crippen LogP contribution in [0.2, 0.25) is 0 Å². The quantitative estimate of drug-likeness (QED) is 0.144. The molecule has 8 nitrogen and oxygen atoms in total. The summed E-state index contributed by atoms with van der Waals surface area (Å²) >= 11 is 0. The van der Waals surface area contributed by atoms with Gasteiger partial charge in [-0.2, -0.15) is 0 Å². The molecule has 0 aliphatic rings. The number of unbranched alkanes of at least 4 members (excludes halogenated alkanes) is 5. The number of aliphatic carboxylic acids is 2. The first-order chi connectivity index (χ1) is 13.5. The van der Waals surface area contributed by atoms with Crippen LogP contribution in [0, 0.1) is 0 Å². The van der Waals surface area contributed by atoms with Crippen molar-refractivity contribution >= 4 is 17.9 Å². The lowest BCUT2D eigenvalue weighted by molar-refractivity contribution is -0.873. The lowest BCUT2D eigenvalue weighted by Crippen LogP contribution is -2.44. The number of carboxylic acids is 2. The Morgan fingerprint density at radius 1 is 0.897 bits per heavy atom. The summed E-state index contributed by atoms with van der Waals surface area (Å²) in [5, 5.41) is 27.5. The van der Waals surface area contributed by atoms with Crippen molar-refractivity contribution < 1.29 is 38.9 Å². The Kier molecular flexibility index (Phi) is 14.0. The molecule has 0 fully saturated rings. The summed E-state index contributed by atoms with van der Waals surface area (Å²) in [5.41, 5.74) is 0. The van der Waals surface area contributed by atoms with Crippen LogP contribution in [0.5, 0.6) is 0 Å². The van der Waals surface area contributed by atoms with E-state index in [1.807, 2.05) is 33.3 Å². The summed E-state index contributed by atoms with van der Waals surface area (Å²) in [5.74, 6) is -2.37. The third-order valence-corrected chi connectivity index (χ3v) is 4.19. The molecule has 0 heterocycles. The third kappa shape index (κ3) is 19.2.